The maximum absolute atomic E-state index is 12.9. The van der Waals surface area contributed by atoms with Crippen LogP contribution < -0.4 is 26.2 Å². The van der Waals surface area contributed by atoms with Gasteiger partial charge in [0.05, 0.1) is 5.69 Å². The highest BCUT2D eigenvalue weighted by molar-refractivity contribution is 5.99. The van der Waals surface area contributed by atoms with E-state index in [0.29, 0.717) is 42.7 Å². The van der Waals surface area contributed by atoms with Gasteiger partial charge in [-0.3, -0.25) is 4.79 Å². The maximum Gasteiger partial charge on any atom is 0.256 e. The fraction of sp³-hybridized carbons (Fsp3) is 0.379. The number of nitrogens with zero attached hydrogens (tertiary/aromatic N) is 4. The molecule has 5 N–H and O–H groups in total. The molecule has 1 aliphatic heterocycles. The van der Waals surface area contributed by atoms with E-state index in [1.807, 2.05) is 25.1 Å². The first-order chi connectivity index (χ1) is 18.9. The number of pyridine rings is 1. The summed E-state index contributed by atoms with van der Waals surface area (Å²) in [5.41, 5.74) is 4.29. The highest BCUT2D eigenvalue weighted by atomic mass is 16.3. The van der Waals surface area contributed by atoms with E-state index in [9.17, 15) is 9.90 Å². The van der Waals surface area contributed by atoms with Crippen LogP contribution in [-0.4, -0.2) is 58.7 Å². The SMILES string of the molecule is C=CCNC(=O)c1cnc(Nc2ccc(N3CCNCC3)c(C)c2)nc1Nc1ccc2c(n1)[C@](O)(CC)CC2. The molecule has 2 aromatic heterocycles. The van der Waals surface area contributed by atoms with Gasteiger partial charge in [-0.1, -0.05) is 19.1 Å². The van der Waals surface area contributed by atoms with Gasteiger partial charge in [0.25, 0.3) is 5.91 Å². The Morgan fingerprint density at radius 2 is 2.03 bits per heavy atom. The second-order valence-electron chi connectivity index (χ2n) is 10.0. The van der Waals surface area contributed by atoms with Crippen LogP contribution in [0, 0.1) is 6.92 Å². The summed E-state index contributed by atoms with van der Waals surface area (Å²) in [7, 11) is 0. The molecule has 0 unspecified atom stereocenters. The maximum atomic E-state index is 12.9. The third kappa shape index (κ3) is 5.71. The Labute approximate surface area is 229 Å². The minimum atomic E-state index is -0.940. The smallest absolute Gasteiger partial charge is 0.256 e. The highest BCUT2D eigenvalue weighted by Crippen LogP contribution is 2.39. The summed E-state index contributed by atoms with van der Waals surface area (Å²) >= 11 is 0. The average molecular weight is 529 g/mol. The largest absolute Gasteiger partial charge is 0.384 e. The van der Waals surface area contributed by atoms with E-state index >= 15 is 0 Å². The minimum Gasteiger partial charge on any atom is -0.384 e. The molecule has 1 saturated heterocycles. The summed E-state index contributed by atoms with van der Waals surface area (Å²) in [6, 6.07) is 10.0. The standard InChI is InChI=1S/C29H36N8O2/c1-4-12-31-27(38)22-18-32-28(33-21-7-8-23(19(3)17-21)37-15-13-30-14-16-37)36-26(22)35-24-9-6-20-10-11-29(39,5-2)25(20)34-24/h4,6-9,17-18,30,39H,1,5,10-16H2,2-3H3,(H,31,38)(H2,32,33,34,35,36)/t29-/m0/s1. The average Bonchev–Trinajstić information content (AvgIpc) is 3.29. The van der Waals surface area contributed by atoms with Gasteiger partial charge in [-0.25, -0.2) is 9.97 Å². The molecule has 10 heteroatoms. The van der Waals surface area contributed by atoms with Crippen molar-refractivity contribution in [2.75, 3.05) is 48.3 Å². The van der Waals surface area contributed by atoms with Gasteiger partial charge in [-0.15, -0.1) is 6.58 Å². The molecule has 1 amide bonds. The zero-order valence-electron chi connectivity index (χ0n) is 22.5. The van der Waals surface area contributed by atoms with Crippen molar-refractivity contribution in [3.8, 4) is 0 Å². The van der Waals surface area contributed by atoms with Crippen molar-refractivity contribution in [2.24, 2.45) is 0 Å². The molecule has 5 rings (SSSR count). The topological polar surface area (TPSA) is 127 Å². The van der Waals surface area contributed by atoms with E-state index in [2.05, 4.69) is 61.8 Å². The number of anilines is 5. The molecule has 204 valence electrons. The lowest BCUT2D eigenvalue weighted by molar-refractivity contribution is 0.0307. The van der Waals surface area contributed by atoms with Crippen molar-refractivity contribution in [2.45, 2.75) is 38.7 Å². The molecule has 39 heavy (non-hydrogen) atoms. The van der Waals surface area contributed by atoms with Gasteiger partial charge >= 0.3 is 0 Å². The number of aromatic nitrogens is 3. The summed E-state index contributed by atoms with van der Waals surface area (Å²) in [4.78, 5) is 29.0. The Kier molecular flexibility index (Phi) is 7.76. The first-order valence-corrected chi connectivity index (χ1v) is 13.5. The van der Waals surface area contributed by atoms with Crippen LogP contribution in [0.15, 0.2) is 49.2 Å². The fourth-order valence-corrected chi connectivity index (χ4v) is 5.17. The van der Waals surface area contributed by atoms with Crippen LogP contribution in [0.25, 0.3) is 0 Å². The number of aliphatic hydroxyl groups is 1. The number of piperazine rings is 1. The van der Waals surface area contributed by atoms with E-state index in [1.165, 1.54) is 11.9 Å². The molecule has 2 aliphatic rings. The van der Waals surface area contributed by atoms with Crippen LogP contribution in [0.3, 0.4) is 0 Å². The third-order valence-electron chi connectivity index (χ3n) is 7.41. The predicted molar refractivity (Wildman–Crippen MR) is 154 cm³/mol. The molecule has 1 atom stereocenters. The van der Waals surface area contributed by atoms with Gasteiger partial charge in [0.2, 0.25) is 5.95 Å². The second-order valence-corrected chi connectivity index (χ2v) is 10.0. The van der Waals surface area contributed by atoms with E-state index < -0.39 is 5.60 Å². The molecule has 0 bridgehead atoms. The van der Waals surface area contributed by atoms with Crippen molar-refractivity contribution >= 4 is 34.9 Å². The summed E-state index contributed by atoms with van der Waals surface area (Å²) < 4.78 is 0. The summed E-state index contributed by atoms with van der Waals surface area (Å²) in [5.74, 6) is 0.833. The zero-order chi connectivity index (χ0) is 27.4. The second kappa shape index (κ2) is 11.4. The third-order valence-corrected chi connectivity index (χ3v) is 7.41. The molecule has 10 nitrogen and oxygen atoms in total. The number of rotatable bonds is 9. The quantitative estimate of drug-likeness (QED) is 0.265. The van der Waals surface area contributed by atoms with Crippen LogP contribution in [0.4, 0.5) is 29.0 Å². The Morgan fingerprint density at radius 3 is 2.77 bits per heavy atom. The fourth-order valence-electron chi connectivity index (χ4n) is 5.17. The highest BCUT2D eigenvalue weighted by Gasteiger charge is 2.36. The van der Waals surface area contributed by atoms with Gasteiger partial charge in [-0.05, 0) is 61.6 Å². The molecular formula is C29H36N8O2. The van der Waals surface area contributed by atoms with Crippen LogP contribution in [0.5, 0.6) is 0 Å². The minimum absolute atomic E-state index is 0.278. The number of aryl methyl sites for hydroxylation is 2. The number of carbonyl (C=O) groups excluding carboxylic acids is 1. The normalized spacial score (nSPS) is 18.4. The van der Waals surface area contributed by atoms with Crippen LogP contribution in [0.1, 0.15) is 46.9 Å². The van der Waals surface area contributed by atoms with E-state index in [0.717, 1.165) is 49.4 Å². The van der Waals surface area contributed by atoms with Crippen LogP contribution in [-0.2, 0) is 12.0 Å². The number of hydrogen-bond donors (Lipinski definition) is 5. The van der Waals surface area contributed by atoms with Crippen molar-refractivity contribution in [1.29, 1.82) is 0 Å². The molecule has 0 saturated carbocycles. The van der Waals surface area contributed by atoms with Crippen molar-refractivity contribution < 1.29 is 9.90 Å². The van der Waals surface area contributed by atoms with E-state index in [-0.39, 0.29) is 11.5 Å². The number of hydrogen-bond acceptors (Lipinski definition) is 9. The first kappa shape index (κ1) is 26.6. The monoisotopic (exact) mass is 528 g/mol. The molecule has 1 fully saturated rings. The molecule has 3 aromatic rings. The van der Waals surface area contributed by atoms with Gasteiger partial charge < -0.3 is 31.3 Å². The Balaban J connectivity index is 1.42. The molecule has 1 aromatic carbocycles. The number of benzene rings is 1. The number of fused-ring (bicyclic) bond motifs is 1. The van der Waals surface area contributed by atoms with Gasteiger partial charge in [0.1, 0.15) is 22.8 Å². The van der Waals surface area contributed by atoms with Crippen LogP contribution >= 0.6 is 0 Å². The van der Waals surface area contributed by atoms with E-state index in [1.54, 1.807) is 6.08 Å². The zero-order valence-corrected chi connectivity index (χ0v) is 22.5. The van der Waals surface area contributed by atoms with Crippen molar-refractivity contribution in [3.63, 3.8) is 0 Å². The lowest BCUT2D eigenvalue weighted by Gasteiger charge is -2.30. The molecule has 0 radical (unpaired) electrons. The molecule has 3 heterocycles. The van der Waals surface area contributed by atoms with E-state index in [4.69, 9.17) is 4.98 Å². The van der Waals surface area contributed by atoms with Gasteiger partial charge in [0, 0.05) is 50.3 Å². The first-order valence-electron chi connectivity index (χ1n) is 13.5. The van der Waals surface area contributed by atoms with Gasteiger partial charge in [0.15, 0.2) is 0 Å². The Hall–Kier alpha value is -4.02. The number of nitrogens with one attached hydrogen (secondary N) is 4. The summed E-state index contributed by atoms with van der Waals surface area (Å²) in [6.45, 7) is 12.0. The number of carbonyl (C=O) groups is 1. The summed E-state index contributed by atoms with van der Waals surface area (Å²) in [6.07, 6.45) is 5.13. The lowest BCUT2D eigenvalue weighted by atomic mass is 9.98. The molecular weight excluding hydrogens is 492 g/mol. The Morgan fingerprint density at radius 1 is 1.21 bits per heavy atom. The predicted octanol–water partition coefficient (Wildman–Crippen LogP) is 3.54. The van der Waals surface area contributed by atoms with Crippen molar-refractivity contribution in [1.82, 2.24) is 25.6 Å². The molecule has 1 aliphatic carbocycles. The Bertz CT molecular complexity index is 1370. The van der Waals surface area contributed by atoms with Crippen molar-refractivity contribution in [3.05, 3.63) is 71.6 Å². The summed E-state index contributed by atoms with van der Waals surface area (Å²) in [5, 5.41) is 23.7. The van der Waals surface area contributed by atoms with Crippen LogP contribution in [0.2, 0.25) is 0 Å². The number of amides is 1. The molecule has 0 spiro atoms. The lowest BCUT2D eigenvalue weighted by Crippen LogP contribution is -2.43. The van der Waals surface area contributed by atoms with Gasteiger partial charge in [-0.2, -0.15) is 4.98 Å².